The summed E-state index contributed by atoms with van der Waals surface area (Å²) in [7, 11) is -4.13. The second kappa shape index (κ2) is 13.9. The first-order valence-corrected chi connectivity index (χ1v) is 16.4. The number of nitrogens with one attached hydrogen (secondary N) is 1. The molecule has 0 aromatic heterocycles. The van der Waals surface area contributed by atoms with E-state index in [0.717, 1.165) is 41.1 Å². The summed E-state index contributed by atoms with van der Waals surface area (Å²) in [6.45, 7) is 5.10. The Morgan fingerprint density at radius 3 is 2.19 bits per heavy atom. The van der Waals surface area contributed by atoms with Crippen LogP contribution in [0.5, 0.6) is 0 Å². The Kier molecular flexibility index (Phi) is 10.6. The summed E-state index contributed by atoms with van der Waals surface area (Å²) in [5, 5.41) is 3.91. The topological polar surface area (TPSA) is 86.8 Å². The van der Waals surface area contributed by atoms with Crippen molar-refractivity contribution in [2.75, 3.05) is 10.8 Å². The second-order valence-corrected chi connectivity index (χ2v) is 13.5. The summed E-state index contributed by atoms with van der Waals surface area (Å²) in [6.07, 6.45) is 4.23. The molecule has 1 atom stereocenters. The highest BCUT2D eigenvalue weighted by atomic mass is 35.5. The van der Waals surface area contributed by atoms with Gasteiger partial charge in [-0.1, -0.05) is 73.3 Å². The number of amides is 2. The number of hydrogen-bond acceptors (Lipinski definition) is 4. The van der Waals surface area contributed by atoms with E-state index in [4.69, 9.17) is 23.2 Å². The van der Waals surface area contributed by atoms with Gasteiger partial charge in [-0.3, -0.25) is 13.9 Å². The minimum absolute atomic E-state index is 0.0114. The van der Waals surface area contributed by atoms with Crippen molar-refractivity contribution in [1.29, 1.82) is 0 Å². The molecule has 3 aromatic carbocycles. The minimum atomic E-state index is -4.13. The molecule has 1 N–H and O–H groups in total. The van der Waals surface area contributed by atoms with E-state index in [0.29, 0.717) is 27.7 Å². The number of benzene rings is 3. The maximum atomic E-state index is 14.3. The quantitative estimate of drug-likeness (QED) is 0.256. The van der Waals surface area contributed by atoms with Crippen molar-refractivity contribution in [3.8, 4) is 0 Å². The van der Waals surface area contributed by atoms with E-state index in [-0.39, 0.29) is 23.4 Å². The number of carbonyl (C=O) groups excluding carboxylic acids is 2. The number of sulfonamides is 1. The van der Waals surface area contributed by atoms with E-state index in [1.807, 2.05) is 26.8 Å². The first-order chi connectivity index (χ1) is 20.0. The second-order valence-electron chi connectivity index (χ2n) is 10.8. The number of anilines is 1. The van der Waals surface area contributed by atoms with Crippen LogP contribution in [0.3, 0.4) is 0 Å². The first-order valence-electron chi connectivity index (χ1n) is 14.2. The highest BCUT2D eigenvalue weighted by Gasteiger charge is 2.35. The molecule has 10 heteroatoms. The largest absolute Gasteiger partial charge is 0.352 e. The van der Waals surface area contributed by atoms with Crippen molar-refractivity contribution >= 4 is 50.7 Å². The van der Waals surface area contributed by atoms with Gasteiger partial charge in [-0.05, 0) is 86.2 Å². The molecule has 0 aliphatic heterocycles. The number of rotatable bonds is 11. The molecule has 3 aromatic rings. The van der Waals surface area contributed by atoms with Crippen molar-refractivity contribution in [1.82, 2.24) is 10.2 Å². The number of hydrogen-bond donors (Lipinski definition) is 1. The predicted octanol–water partition coefficient (Wildman–Crippen LogP) is 6.67. The lowest BCUT2D eigenvalue weighted by Gasteiger charge is -2.34. The fraction of sp³-hybridized carbons (Fsp3) is 0.375. The Hall–Kier alpha value is -3.07. The van der Waals surface area contributed by atoms with Crippen molar-refractivity contribution in [3.63, 3.8) is 0 Å². The lowest BCUT2D eigenvalue weighted by molar-refractivity contribution is -0.140. The molecule has 0 radical (unpaired) electrons. The average Bonchev–Trinajstić information content (AvgIpc) is 3.45. The molecule has 0 spiro atoms. The van der Waals surface area contributed by atoms with Gasteiger partial charge in [0.25, 0.3) is 10.0 Å². The molecule has 1 unspecified atom stereocenters. The van der Waals surface area contributed by atoms with Gasteiger partial charge in [-0.2, -0.15) is 0 Å². The molecule has 1 aliphatic rings. The van der Waals surface area contributed by atoms with Gasteiger partial charge in [0.2, 0.25) is 11.8 Å². The van der Waals surface area contributed by atoms with Crippen molar-refractivity contribution in [2.45, 2.75) is 76.4 Å². The van der Waals surface area contributed by atoms with Crippen LogP contribution in [0, 0.1) is 13.8 Å². The third-order valence-electron chi connectivity index (χ3n) is 7.55. The lowest BCUT2D eigenvalue weighted by atomic mass is 10.1. The number of halogens is 2. The average molecular weight is 631 g/mol. The molecule has 7 nitrogen and oxygen atoms in total. The molecule has 0 saturated heterocycles. The summed E-state index contributed by atoms with van der Waals surface area (Å²) < 4.78 is 29.1. The fourth-order valence-corrected chi connectivity index (χ4v) is 7.35. The van der Waals surface area contributed by atoms with Crippen LogP contribution in [-0.2, 0) is 26.2 Å². The molecule has 1 fully saturated rings. The van der Waals surface area contributed by atoms with E-state index in [2.05, 4.69) is 5.32 Å². The highest BCUT2D eigenvalue weighted by Crippen LogP contribution is 2.28. The molecule has 42 heavy (non-hydrogen) atoms. The Balaban J connectivity index is 1.75. The van der Waals surface area contributed by atoms with Gasteiger partial charge in [0.15, 0.2) is 0 Å². The van der Waals surface area contributed by atoms with Gasteiger partial charge < -0.3 is 10.2 Å². The molecular weight excluding hydrogens is 593 g/mol. The van der Waals surface area contributed by atoms with E-state index < -0.39 is 28.5 Å². The highest BCUT2D eigenvalue weighted by molar-refractivity contribution is 7.92. The molecule has 1 aliphatic carbocycles. The summed E-state index contributed by atoms with van der Waals surface area (Å²) in [4.78, 5) is 29.4. The SMILES string of the molecule is CCC(C(=O)NC1CCCC1)N(Cc1ccc(Cl)cc1Cl)C(=O)CN(c1cc(C)cc(C)c1)S(=O)(=O)c1ccccc1. The van der Waals surface area contributed by atoms with Crippen LogP contribution in [-0.4, -0.2) is 43.8 Å². The third-order valence-corrected chi connectivity index (χ3v) is 9.92. The van der Waals surface area contributed by atoms with Crippen LogP contribution < -0.4 is 9.62 Å². The Bertz CT molecular complexity index is 1510. The number of aryl methyl sites for hydroxylation is 2. The zero-order chi connectivity index (χ0) is 30.4. The van der Waals surface area contributed by atoms with Crippen LogP contribution in [0.4, 0.5) is 5.69 Å². The Labute approximate surface area is 258 Å². The smallest absolute Gasteiger partial charge is 0.264 e. The molecule has 0 heterocycles. The van der Waals surface area contributed by atoms with Gasteiger partial charge in [0.1, 0.15) is 12.6 Å². The van der Waals surface area contributed by atoms with Crippen molar-refractivity contribution in [2.24, 2.45) is 0 Å². The summed E-state index contributed by atoms with van der Waals surface area (Å²) in [5.74, 6) is -0.778. The Morgan fingerprint density at radius 2 is 1.60 bits per heavy atom. The van der Waals surface area contributed by atoms with Crippen LogP contribution >= 0.6 is 23.2 Å². The maximum Gasteiger partial charge on any atom is 0.264 e. The number of nitrogens with zero attached hydrogens (tertiary/aromatic N) is 2. The van der Waals surface area contributed by atoms with Gasteiger partial charge in [-0.15, -0.1) is 0 Å². The Morgan fingerprint density at radius 1 is 0.952 bits per heavy atom. The summed E-state index contributed by atoms with van der Waals surface area (Å²) >= 11 is 12.6. The van der Waals surface area contributed by atoms with Gasteiger partial charge in [-0.25, -0.2) is 8.42 Å². The minimum Gasteiger partial charge on any atom is -0.352 e. The van der Waals surface area contributed by atoms with Gasteiger partial charge in [0.05, 0.1) is 10.6 Å². The van der Waals surface area contributed by atoms with E-state index >= 15 is 0 Å². The standard InChI is InChI=1S/C32H37Cl2N3O4S/c1-4-30(32(39)35-26-10-8-9-11-26)36(20-24-14-15-25(33)19-29(24)34)31(38)21-37(27-17-22(2)16-23(3)18-27)42(40,41)28-12-6-5-7-13-28/h5-7,12-19,26,30H,4,8-11,20-21H2,1-3H3,(H,35,39). The molecule has 224 valence electrons. The molecule has 0 bridgehead atoms. The molecule has 2 amide bonds. The monoisotopic (exact) mass is 629 g/mol. The van der Waals surface area contributed by atoms with Gasteiger partial charge in [0, 0.05) is 22.6 Å². The van der Waals surface area contributed by atoms with Crippen LogP contribution in [0.2, 0.25) is 10.0 Å². The third kappa shape index (κ3) is 7.65. The van der Waals surface area contributed by atoms with E-state index in [1.54, 1.807) is 48.5 Å². The lowest BCUT2D eigenvalue weighted by Crippen LogP contribution is -2.53. The van der Waals surface area contributed by atoms with Crippen LogP contribution in [0.15, 0.2) is 71.6 Å². The molecule has 4 rings (SSSR count). The van der Waals surface area contributed by atoms with Gasteiger partial charge >= 0.3 is 0 Å². The van der Waals surface area contributed by atoms with E-state index in [9.17, 15) is 18.0 Å². The van der Waals surface area contributed by atoms with Crippen molar-refractivity contribution in [3.05, 3.63) is 93.5 Å². The van der Waals surface area contributed by atoms with Crippen molar-refractivity contribution < 1.29 is 18.0 Å². The summed E-state index contributed by atoms with van der Waals surface area (Å²) in [6, 6.07) is 17.7. The summed E-state index contributed by atoms with van der Waals surface area (Å²) in [5.41, 5.74) is 2.69. The van der Waals surface area contributed by atoms with Crippen LogP contribution in [0.25, 0.3) is 0 Å². The normalized spacial score (nSPS) is 14.4. The zero-order valence-electron chi connectivity index (χ0n) is 24.1. The van der Waals surface area contributed by atoms with Crippen LogP contribution in [0.1, 0.15) is 55.7 Å². The first kappa shape index (κ1) is 31.9. The fourth-order valence-electron chi connectivity index (χ4n) is 5.46. The van der Waals surface area contributed by atoms with E-state index in [1.165, 1.54) is 17.0 Å². The maximum absolute atomic E-state index is 14.3. The molecular formula is C32H37Cl2N3O4S. The molecule has 1 saturated carbocycles. The number of carbonyl (C=O) groups is 2. The predicted molar refractivity (Wildman–Crippen MR) is 168 cm³/mol. The zero-order valence-corrected chi connectivity index (χ0v) is 26.5.